The molecule has 0 atom stereocenters. The van der Waals surface area contributed by atoms with Gasteiger partial charge in [-0.15, -0.1) is 6.58 Å². The Balaban J connectivity index is -0.000000222. The second kappa shape index (κ2) is 49.2. The van der Waals surface area contributed by atoms with E-state index < -0.39 is 5.54 Å². The van der Waals surface area contributed by atoms with Gasteiger partial charge in [-0.05, 0) is 85.2 Å². The van der Waals surface area contributed by atoms with E-state index in [-0.39, 0.29) is 0 Å². The van der Waals surface area contributed by atoms with Gasteiger partial charge >= 0.3 is 0 Å². The van der Waals surface area contributed by atoms with Crippen LogP contribution >= 0.6 is 0 Å². The van der Waals surface area contributed by atoms with Crippen LogP contribution in [0.2, 0.25) is 0 Å². The fraction of sp³-hybridized carbons (Fsp3) is 0.586. The summed E-state index contributed by atoms with van der Waals surface area (Å²) in [6, 6.07) is 0. The quantitative estimate of drug-likeness (QED) is 0.0617. The van der Waals surface area contributed by atoms with E-state index in [0.717, 1.165) is 38.9 Å². The van der Waals surface area contributed by atoms with Crippen molar-refractivity contribution in [2.24, 2.45) is 0 Å². The second-order valence-corrected chi connectivity index (χ2v) is 7.60. The van der Waals surface area contributed by atoms with Gasteiger partial charge in [0.1, 0.15) is 24.4 Å². The van der Waals surface area contributed by atoms with Gasteiger partial charge in [-0.25, -0.2) is 0 Å². The standard InChI is InChI=1S/C17H38N4O4.3C3H4O.C3H6/c1-18-7-4-10-23-13-17(21-16-22,14-24-11-5-8-19-2)15-25-12-6-9-20-3;3*1-2-3-4;1-3-2/h16,18-20H,4-15H2,1-3H3,(H,21,22);3*2-3H,1H2;3H,1H2,2H3. The molecular weight excluding hydrogens is 516 g/mol. The topological polar surface area (TPSA) is 144 Å². The lowest BCUT2D eigenvalue weighted by Crippen LogP contribution is -2.56. The van der Waals surface area contributed by atoms with Crippen LogP contribution in [0.15, 0.2) is 50.6 Å². The van der Waals surface area contributed by atoms with Crippen molar-refractivity contribution in [1.82, 2.24) is 21.3 Å². The van der Waals surface area contributed by atoms with E-state index in [9.17, 15) is 4.79 Å². The van der Waals surface area contributed by atoms with Crippen LogP contribution in [0, 0.1) is 0 Å². The zero-order valence-corrected chi connectivity index (χ0v) is 25.3. The third-order valence-electron chi connectivity index (χ3n) is 3.94. The lowest BCUT2D eigenvalue weighted by atomic mass is 10.0. The molecule has 0 saturated heterocycles. The van der Waals surface area contributed by atoms with E-state index in [1.54, 1.807) is 6.08 Å². The van der Waals surface area contributed by atoms with Crippen LogP contribution in [0.5, 0.6) is 0 Å². The summed E-state index contributed by atoms with van der Waals surface area (Å²) in [5.41, 5.74) is -0.652. The lowest BCUT2D eigenvalue weighted by Gasteiger charge is -2.32. The Morgan fingerprint density at radius 3 is 1.02 bits per heavy atom. The summed E-state index contributed by atoms with van der Waals surface area (Å²) in [6.45, 7) is 20.3. The van der Waals surface area contributed by atoms with Crippen LogP contribution < -0.4 is 21.3 Å². The van der Waals surface area contributed by atoms with Crippen molar-refractivity contribution >= 4 is 25.3 Å². The maximum absolute atomic E-state index is 11.1. The number of ether oxygens (including phenoxy) is 3. The maximum Gasteiger partial charge on any atom is 0.207 e. The largest absolute Gasteiger partial charge is 0.379 e. The average molecular weight is 573 g/mol. The first kappa shape index (κ1) is 47.0. The van der Waals surface area contributed by atoms with Gasteiger partial charge in [-0.1, -0.05) is 25.8 Å². The van der Waals surface area contributed by atoms with E-state index in [0.29, 0.717) is 64.9 Å². The number of carbonyl (C=O) groups is 4. The Hall–Kier alpha value is -2.80. The smallest absolute Gasteiger partial charge is 0.207 e. The Morgan fingerprint density at radius 1 is 0.600 bits per heavy atom. The van der Waals surface area contributed by atoms with E-state index in [1.165, 1.54) is 18.2 Å². The van der Waals surface area contributed by atoms with Crippen LogP contribution in [-0.2, 0) is 33.4 Å². The molecule has 0 rings (SSSR count). The van der Waals surface area contributed by atoms with Crippen LogP contribution in [0.3, 0.4) is 0 Å². The summed E-state index contributed by atoms with van der Waals surface area (Å²) >= 11 is 0. The summed E-state index contributed by atoms with van der Waals surface area (Å²) in [6.07, 6.45) is 10.7. The number of carbonyl (C=O) groups excluding carboxylic acids is 4. The summed E-state index contributed by atoms with van der Waals surface area (Å²) in [7, 11) is 5.74. The highest BCUT2D eigenvalue weighted by Crippen LogP contribution is 2.09. The minimum atomic E-state index is -0.652. The molecule has 0 aromatic heterocycles. The highest BCUT2D eigenvalue weighted by molar-refractivity contribution is 5.63. The van der Waals surface area contributed by atoms with E-state index in [4.69, 9.17) is 28.6 Å². The van der Waals surface area contributed by atoms with Crippen molar-refractivity contribution in [2.75, 3.05) is 80.4 Å². The Morgan fingerprint density at radius 2 is 0.850 bits per heavy atom. The van der Waals surface area contributed by atoms with Gasteiger partial charge in [0.25, 0.3) is 0 Å². The first-order valence-corrected chi connectivity index (χ1v) is 13.0. The second-order valence-electron chi connectivity index (χ2n) is 7.60. The van der Waals surface area contributed by atoms with Crippen molar-refractivity contribution in [3.8, 4) is 0 Å². The first-order chi connectivity index (χ1) is 19.4. The number of nitrogens with one attached hydrogen (secondary N) is 4. The summed E-state index contributed by atoms with van der Waals surface area (Å²) in [5, 5.41) is 12.1. The molecule has 4 N–H and O–H groups in total. The first-order valence-electron chi connectivity index (χ1n) is 13.0. The fourth-order valence-corrected chi connectivity index (χ4v) is 2.23. The van der Waals surface area contributed by atoms with Gasteiger partial charge < -0.3 is 35.5 Å². The van der Waals surface area contributed by atoms with Crippen molar-refractivity contribution in [1.29, 1.82) is 0 Å². The number of amides is 1. The summed E-state index contributed by atoms with van der Waals surface area (Å²) in [4.78, 5) is 38.3. The minimum Gasteiger partial charge on any atom is -0.379 e. The monoisotopic (exact) mass is 572 g/mol. The van der Waals surface area contributed by atoms with Gasteiger partial charge in [0.05, 0.1) is 19.8 Å². The number of allylic oxidation sites excluding steroid dienone is 4. The molecule has 0 aromatic carbocycles. The van der Waals surface area contributed by atoms with Crippen LogP contribution in [0.1, 0.15) is 26.2 Å². The van der Waals surface area contributed by atoms with E-state index >= 15 is 0 Å². The molecule has 0 radical (unpaired) electrons. The molecule has 1 amide bonds. The molecule has 0 unspecified atom stereocenters. The highest BCUT2D eigenvalue weighted by atomic mass is 16.5. The molecule has 0 aliphatic heterocycles. The summed E-state index contributed by atoms with van der Waals surface area (Å²) in [5.74, 6) is 0. The third-order valence-corrected chi connectivity index (χ3v) is 3.94. The molecule has 0 aliphatic carbocycles. The Bertz CT molecular complexity index is 494. The number of aldehydes is 3. The normalized spacial score (nSPS) is 9.10. The van der Waals surface area contributed by atoms with E-state index in [1.807, 2.05) is 28.1 Å². The van der Waals surface area contributed by atoms with Gasteiger partial charge in [-0.3, -0.25) is 19.2 Å². The van der Waals surface area contributed by atoms with Gasteiger partial charge in [0.2, 0.25) is 6.41 Å². The van der Waals surface area contributed by atoms with Crippen molar-refractivity contribution in [3.05, 3.63) is 50.6 Å². The van der Waals surface area contributed by atoms with Gasteiger partial charge in [0, 0.05) is 19.8 Å². The fourth-order valence-electron chi connectivity index (χ4n) is 2.23. The average Bonchev–Trinajstić information content (AvgIpc) is 2.97. The molecule has 0 aromatic rings. The molecule has 40 heavy (non-hydrogen) atoms. The number of rotatable bonds is 23. The molecule has 234 valence electrons. The van der Waals surface area contributed by atoms with Gasteiger partial charge in [0.15, 0.2) is 0 Å². The minimum absolute atomic E-state index is 0.369. The zero-order valence-electron chi connectivity index (χ0n) is 25.3. The van der Waals surface area contributed by atoms with Crippen LogP contribution in [0.25, 0.3) is 0 Å². The molecule has 11 heteroatoms. The van der Waals surface area contributed by atoms with E-state index in [2.05, 4.69) is 47.6 Å². The predicted molar refractivity (Wildman–Crippen MR) is 165 cm³/mol. The molecule has 0 aliphatic rings. The zero-order chi connectivity index (χ0) is 31.6. The molecule has 0 saturated carbocycles. The SMILES string of the molecule is C=CC.C=CC=O.C=CC=O.C=CC=O.CNCCCOCC(COCCCNC)(COCCCNC)NC=O. The predicted octanol–water partition coefficient (Wildman–Crippen LogP) is 1.66. The molecule has 0 heterocycles. The molecule has 0 fully saturated rings. The lowest BCUT2D eigenvalue weighted by molar-refractivity contribution is -0.116. The third kappa shape index (κ3) is 51.8. The summed E-state index contributed by atoms with van der Waals surface area (Å²) < 4.78 is 17.3. The van der Waals surface area contributed by atoms with Crippen LogP contribution in [0.4, 0.5) is 0 Å². The molecule has 0 bridgehead atoms. The molecule has 11 nitrogen and oxygen atoms in total. The van der Waals surface area contributed by atoms with Crippen molar-refractivity contribution in [2.45, 2.75) is 31.7 Å². The number of hydrogen-bond acceptors (Lipinski definition) is 10. The Labute approximate surface area is 242 Å². The Kier molecular flexibility index (Phi) is 57.8. The van der Waals surface area contributed by atoms with Crippen molar-refractivity contribution in [3.63, 3.8) is 0 Å². The van der Waals surface area contributed by atoms with Crippen LogP contribution in [-0.4, -0.2) is 111 Å². The highest BCUT2D eigenvalue weighted by Gasteiger charge is 2.31. The molecular formula is C29H56N4O7. The van der Waals surface area contributed by atoms with Gasteiger partial charge in [-0.2, -0.15) is 0 Å². The maximum atomic E-state index is 11.1. The number of hydrogen-bond donors (Lipinski definition) is 4. The van der Waals surface area contributed by atoms with Crippen molar-refractivity contribution < 1.29 is 33.4 Å². The molecule has 0 spiro atoms.